The Morgan fingerprint density at radius 3 is 2.52 bits per heavy atom. The molecule has 1 N–H and O–H groups in total. The van der Waals surface area contributed by atoms with E-state index in [0.29, 0.717) is 31.8 Å². The Morgan fingerprint density at radius 1 is 1.09 bits per heavy atom. The lowest BCUT2D eigenvalue weighted by Gasteiger charge is -2.26. The molecule has 1 aliphatic heterocycles. The molecule has 1 saturated heterocycles. The van der Waals surface area contributed by atoms with Gasteiger partial charge in [0.15, 0.2) is 0 Å². The number of sulfonamides is 1. The lowest BCUT2D eigenvalue weighted by molar-refractivity contribution is -0.120. The molecule has 1 heterocycles. The van der Waals surface area contributed by atoms with Gasteiger partial charge < -0.3 is 10.1 Å². The molecule has 0 unspecified atom stereocenters. The molecule has 0 radical (unpaired) electrons. The first-order chi connectivity index (χ1) is 15.9. The van der Waals surface area contributed by atoms with Gasteiger partial charge in [-0.2, -0.15) is 16.1 Å². The topological polar surface area (TPSA) is 75.7 Å². The maximum atomic E-state index is 13.0. The first-order valence-electron chi connectivity index (χ1n) is 11.5. The molecule has 6 nitrogen and oxygen atoms in total. The number of carbonyl (C=O) groups excluding carboxylic acids is 1. The first-order valence-corrected chi connectivity index (χ1v) is 14.1. The molecule has 2 aromatic carbocycles. The van der Waals surface area contributed by atoms with Gasteiger partial charge in [-0.1, -0.05) is 36.2 Å². The summed E-state index contributed by atoms with van der Waals surface area (Å²) in [5, 5.41) is 2.96. The SMILES string of the molecule is COc1ccc(S(=O)(=O)N2CCCCC2)cc1CCC(=O)NCCSCc1ccc(C)cc1. The third-order valence-electron chi connectivity index (χ3n) is 5.78. The number of amides is 1. The van der Waals surface area contributed by atoms with Crippen molar-refractivity contribution in [2.45, 2.75) is 49.7 Å². The van der Waals surface area contributed by atoms with E-state index in [1.165, 1.54) is 11.1 Å². The lowest BCUT2D eigenvalue weighted by atomic mass is 10.1. The van der Waals surface area contributed by atoms with Crippen molar-refractivity contribution in [3.05, 3.63) is 59.2 Å². The Morgan fingerprint density at radius 2 is 1.82 bits per heavy atom. The summed E-state index contributed by atoms with van der Waals surface area (Å²) in [6.45, 7) is 3.81. The van der Waals surface area contributed by atoms with Crippen LogP contribution in [0.15, 0.2) is 47.4 Å². The van der Waals surface area contributed by atoms with Crippen LogP contribution in [0.3, 0.4) is 0 Å². The molecule has 0 aromatic heterocycles. The second-order valence-corrected chi connectivity index (χ2v) is 11.4. The number of nitrogens with one attached hydrogen (secondary N) is 1. The molecule has 1 amide bonds. The monoisotopic (exact) mass is 490 g/mol. The van der Waals surface area contributed by atoms with Gasteiger partial charge in [-0.15, -0.1) is 0 Å². The van der Waals surface area contributed by atoms with Crippen LogP contribution in [0.2, 0.25) is 0 Å². The van der Waals surface area contributed by atoms with Crippen LogP contribution in [0, 0.1) is 6.92 Å². The van der Waals surface area contributed by atoms with Gasteiger partial charge in [0.1, 0.15) is 5.75 Å². The summed E-state index contributed by atoms with van der Waals surface area (Å²) < 4.78 is 33.0. The smallest absolute Gasteiger partial charge is 0.243 e. The van der Waals surface area contributed by atoms with E-state index in [1.54, 1.807) is 41.4 Å². The number of piperidine rings is 1. The Kier molecular flexibility index (Phi) is 9.64. The first kappa shape index (κ1) is 25.6. The summed E-state index contributed by atoms with van der Waals surface area (Å²) in [7, 11) is -1.96. The fourth-order valence-electron chi connectivity index (χ4n) is 3.84. The number of nitrogens with zero attached hydrogens (tertiary/aromatic N) is 1. The van der Waals surface area contributed by atoms with Crippen molar-refractivity contribution in [1.29, 1.82) is 0 Å². The molecule has 0 aliphatic carbocycles. The minimum absolute atomic E-state index is 0.0442. The molecule has 0 bridgehead atoms. The maximum absolute atomic E-state index is 13.0. The normalized spacial score (nSPS) is 14.7. The zero-order chi connectivity index (χ0) is 23.7. The van der Waals surface area contributed by atoms with Gasteiger partial charge in [0.25, 0.3) is 0 Å². The number of carbonyl (C=O) groups is 1. The number of methoxy groups -OCH3 is 1. The van der Waals surface area contributed by atoms with Gasteiger partial charge in [-0.05, 0) is 55.5 Å². The quantitative estimate of drug-likeness (QED) is 0.479. The van der Waals surface area contributed by atoms with Crippen molar-refractivity contribution in [2.75, 3.05) is 32.5 Å². The highest BCUT2D eigenvalue weighted by Crippen LogP contribution is 2.27. The second-order valence-electron chi connectivity index (χ2n) is 8.33. The summed E-state index contributed by atoms with van der Waals surface area (Å²) in [6, 6.07) is 13.4. The molecule has 0 saturated carbocycles. The van der Waals surface area contributed by atoms with E-state index in [1.807, 2.05) is 0 Å². The van der Waals surface area contributed by atoms with E-state index < -0.39 is 10.0 Å². The van der Waals surface area contributed by atoms with Crippen LogP contribution in [-0.2, 0) is 27.0 Å². The number of ether oxygens (including phenoxy) is 1. The summed E-state index contributed by atoms with van der Waals surface area (Å²) in [5.41, 5.74) is 3.27. The summed E-state index contributed by atoms with van der Waals surface area (Å²) >= 11 is 1.79. The minimum atomic E-state index is -3.52. The van der Waals surface area contributed by atoms with Gasteiger partial charge in [-0.3, -0.25) is 4.79 Å². The summed E-state index contributed by atoms with van der Waals surface area (Å²) in [6.07, 6.45) is 3.57. The van der Waals surface area contributed by atoms with E-state index in [4.69, 9.17) is 4.74 Å². The van der Waals surface area contributed by atoms with E-state index in [2.05, 4.69) is 36.5 Å². The Labute approximate surface area is 202 Å². The van der Waals surface area contributed by atoms with Gasteiger partial charge in [0.05, 0.1) is 12.0 Å². The van der Waals surface area contributed by atoms with Crippen LogP contribution < -0.4 is 10.1 Å². The predicted octanol–water partition coefficient (Wildman–Crippen LogP) is 4.16. The Bertz CT molecular complexity index is 1020. The highest BCUT2D eigenvalue weighted by Gasteiger charge is 2.26. The van der Waals surface area contributed by atoms with E-state index >= 15 is 0 Å². The molecule has 8 heteroatoms. The predicted molar refractivity (Wildman–Crippen MR) is 134 cm³/mol. The molecule has 0 atom stereocenters. The number of aryl methyl sites for hydroxylation is 2. The van der Waals surface area contributed by atoms with Crippen molar-refractivity contribution in [1.82, 2.24) is 9.62 Å². The molecule has 180 valence electrons. The number of benzene rings is 2. The number of thioether (sulfide) groups is 1. The average molecular weight is 491 g/mol. The molecule has 2 aromatic rings. The largest absolute Gasteiger partial charge is 0.496 e. The van der Waals surface area contributed by atoms with Crippen LogP contribution in [0.5, 0.6) is 5.75 Å². The van der Waals surface area contributed by atoms with Gasteiger partial charge in [0, 0.05) is 37.6 Å². The van der Waals surface area contributed by atoms with Crippen molar-refractivity contribution >= 4 is 27.7 Å². The minimum Gasteiger partial charge on any atom is -0.496 e. The average Bonchev–Trinajstić information content (AvgIpc) is 2.84. The highest BCUT2D eigenvalue weighted by atomic mass is 32.2. The van der Waals surface area contributed by atoms with Gasteiger partial charge >= 0.3 is 0 Å². The fraction of sp³-hybridized carbons (Fsp3) is 0.480. The van der Waals surface area contributed by atoms with E-state index in [9.17, 15) is 13.2 Å². The second kappa shape index (κ2) is 12.4. The molecule has 1 fully saturated rings. The van der Waals surface area contributed by atoms with E-state index in [-0.39, 0.29) is 17.2 Å². The zero-order valence-corrected chi connectivity index (χ0v) is 21.1. The summed E-state index contributed by atoms with van der Waals surface area (Å²) in [5.74, 6) is 2.32. The lowest BCUT2D eigenvalue weighted by Crippen LogP contribution is -2.35. The molecule has 33 heavy (non-hydrogen) atoms. The Hall–Kier alpha value is -2.03. The molecular formula is C25H34N2O4S2. The van der Waals surface area contributed by atoms with Gasteiger partial charge in [0.2, 0.25) is 15.9 Å². The standard InChI is InChI=1S/C25H34N2O4S2/c1-20-6-8-21(9-7-20)19-32-17-14-26-25(28)13-10-22-18-23(11-12-24(22)31-2)33(29,30)27-15-4-3-5-16-27/h6-9,11-12,18H,3-5,10,13-17,19H2,1-2H3,(H,26,28). The van der Waals surface area contributed by atoms with Crippen molar-refractivity contribution < 1.29 is 17.9 Å². The molecular weight excluding hydrogens is 456 g/mol. The van der Waals surface area contributed by atoms with Gasteiger partial charge in [-0.25, -0.2) is 8.42 Å². The highest BCUT2D eigenvalue weighted by molar-refractivity contribution is 7.98. The number of hydrogen-bond acceptors (Lipinski definition) is 5. The van der Waals surface area contributed by atoms with Crippen LogP contribution in [-0.4, -0.2) is 51.1 Å². The number of hydrogen-bond donors (Lipinski definition) is 1. The Balaban J connectivity index is 1.48. The number of rotatable bonds is 11. The van der Waals surface area contributed by atoms with Crippen LogP contribution >= 0.6 is 11.8 Å². The molecule has 0 spiro atoms. The van der Waals surface area contributed by atoms with Crippen LogP contribution in [0.1, 0.15) is 42.4 Å². The zero-order valence-electron chi connectivity index (χ0n) is 19.5. The van der Waals surface area contributed by atoms with Crippen LogP contribution in [0.25, 0.3) is 0 Å². The van der Waals surface area contributed by atoms with Crippen molar-refractivity contribution in [3.63, 3.8) is 0 Å². The maximum Gasteiger partial charge on any atom is 0.243 e. The van der Waals surface area contributed by atoms with Crippen molar-refractivity contribution in [3.8, 4) is 5.75 Å². The molecule has 3 rings (SSSR count). The van der Waals surface area contributed by atoms with E-state index in [0.717, 1.165) is 36.3 Å². The summed E-state index contributed by atoms with van der Waals surface area (Å²) in [4.78, 5) is 12.6. The third kappa shape index (κ3) is 7.48. The van der Waals surface area contributed by atoms with Crippen LogP contribution in [0.4, 0.5) is 0 Å². The molecule has 1 aliphatic rings. The third-order valence-corrected chi connectivity index (χ3v) is 8.71. The van der Waals surface area contributed by atoms with Crippen molar-refractivity contribution in [2.24, 2.45) is 0 Å². The fourth-order valence-corrected chi connectivity index (χ4v) is 6.23.